The van der Waals surface area contributed by atoms with Crippen LogP contribution in [0.25, 0.3) is 0 Å². The van der Waals surface area contributed by atoms with E-state index in [2.05, 4.69) is 50.7 Å². The predicted molar refractivity (Wildman–Crippen MR) is 136 cm³/mol. The Hall–Kier alpha value is -2.09. The molecule has 2 amide bonds. The number of thiol groups is 1. The molecule has 0 N–H and O–H groups in total. The number of hydrogen-bond donors (Lipinski definition) is 1. The molecule has 2 aliphatic heterocycles. The third-order valence-corrected chi connectivity index (χ3v) is 7.24. The molecule has 6 rings (SSSR count). The summed E-state index contributed by atoms with van der Waals surface area (Å²) in [6.45, 7) is 1.01. The number of rotatable bonds is 6. The molecule has 9 nitrogen and oxygen atoms in total. The minimum atomic E-state index is -0.493. The Balaban J connectivity index is 0.000000153. The van der Waals surface area contributed by atoms with Crippen molar-refractivity contribution in [2.24, 2.45) is 4.30 Å². The third kappa shape index (κ3) is 6.07. The van der Waals surface area contributed by atoms with Crippen molar-refractivity contribution in [1.29, 1.82) is 0 Å². The maximum absolute atomic E-state index is 12.3. The van der Waals surface area contributed by atoms with E-state index >= 15 is 0 Å². The number of fused-ring (bicyclic) bond motifs is 2. The Bertz CT molecular complexity index is 1120. The number of imidazole rings is 2. The molecule has 4 aliphatic rings. The van der Waals surface area contributed by atoms with Crippen molar-refractivity contribution in [2.45, 2.75) is 63.7 Å². The van der Waals surface area contributed by atoms with Gasteiger partial charge in [0.25, 0.3) is 0 Å². The number of carbonyl (C=O) groups is 2. The second-order valence-corrected chi connectivity index (χ2v) is 10.1. The van der Waals surface area contributed by atoms with Crippen LogP contribution in [0.2, 0.25) is 0 Å². The molecule has 0 spiro atoms. The average Bonchev–Trinajstić information content (AvgIpc) is 3.78. The van der Waals surface area contributed by atoms with E-state index in [4.69, 9.17) is 0 Å². The standard InChI is InChI=1S/C11H13BrFN3O.C11H14FN3O.BHNS/c12-10-8-5-15(4-3-13)9(17)6-16(8)11(14-10)7-1-2-7;12-3-4-14-6-9-5-13-11(8-1-2-8)15(9)7-10(14)16;1-2-3/h7H,1-6H2;5,8H,1-4,6-7H2;3H. The summed E-state index contributed by atoms with van der Waals surface area (Å²) in [7, 11) is 4.34. The van der Waals surface area contributed by atoms with Gasteiger partial charge in [-0.2, -0.15) is 0 Å². The van der Waals surface area contributed by atoms with Crippen LogP contribution in [0.1, 0.15) is 60.6 Å². The summed E-state index contributed by atoms with van der Waals surface area (Å²) in [5.41, 5.74) is 2.04. The van der Waals surface area contributed by atoms with Crippen molar-refractivity contribution in [2.75, 3.05) is 26.4 Å². The molecule has 0 saturated heterocycles. The van der Waals surface area contributed by atoms with Gasteiger partial charge >= 0.3 is 24.8 Å². The molecule has 1 radical (unpaired) electrons. The zero-order valence-corrected chi connectivity index (χ0v) is 22.3. The van der Waals surface area contributed by atoms with Gasteiger partial charge in [-0.1, -0.05) is 0 Å². The van der Waals surface area contributed by atoms with E-state index in [1.165, 1.54) is 12.8 Å². The van der Waals surface area contributed by atoms with Gasteiger partial charge in [0.15, 0.2) is 0 Å². The summed E-state index contributed by atoms with van der Waals surface area (Å²) >= 11 is 6.63. The van der Waals surface area contributed by atoms with Crippen molar-refractivity contribution in [3.63, 3.8) is 0 Å². The molecule has 2 saturated carbocycles. The summed E-state index contributed by atoms with van der Waals surface area (Å²) in [5.74, 6) is 3.12. The van der Waals surface area contributed by atoms with Gasteiger partial charge in [0.1, 0.15) is 42.7 Å². The number of hydrogen-bond acceptors (Lipinski definition) is 6. The zero-order valence-electron chi connectivity index (χ0n) is 19.8. The van der Waals surface area contributed by atoms with Crippen LogP contribution in [0.3, 0.4) is 0 Å². The van der Waals surface area contributed by atoms with Gasteiger partial charge in [0, 0.05) is 24.9 Å². The second-order valence-electron chi connectivity index (χ2n) is 9.16. The Labute approximate surface area is 223 Å². The molecule has 193 valence electrons. The number of nitrogens with zero attached hydrogens (tertiary/aromatic N) is 7. The topological polar surface area (TPSA) is 88.6 Å². The Kier molecular flexibility index (Phi) is 8.97. The maximum atomic E-state index is 12.3. The molecule has 36 heavy (non-hydrogen) atoms. The van der Waals surface area contributed by atoms with Gasteiger partial charge < -0.3 is 18.9 Å². The van der Waals surface area contributed by atoms with E-state index in [1.54, 1.807) is 9.80 Å². The molecule has 14 heteroatoms. The van der Waals surface area contributed by atoms with Crippen molar-refractivity contribution in [3.8, 4) is 0 Å². The molecular weight excluding hydrogens is 555 g/mol. The molecule has 0 unspecified atom stereocenters. The van der Waals surface area contributed by atoms with Gasteiger partial charge in [-0.15, -0.1) is 0 Å². The van der Waals surface area contributed by atoms with E-state index in [1.807, 2.05) is 15.3 Å². The molecule has 4 heterocycles. The predicted octanol–water partition coefficient (Wildman–Crippen LogP) is 3.09. The number of aromatic nitrogens is 4. The van der Waals surface area contributed by atoms with E-state index in [0.29, 0.717) is 38.0 Å². The summed E-state index contributed by atoms with van der Waals surface area (Å²) in [6, 6.07) is 0. The fraction of sp³-hybridized carbons (Fsp3) is 0.636. The fourth-order valence-corrected chi connectivity index (χ4v) is 5.01. The van der Waals surface area contributed by atoms with Crippen LogP contribution in [0.4, 0.5) is 8.78 Å². The first kappa shape index (κ1) is 27.0. The van der Waals surface area contributed by atoms with E-state index in [0.717, 1.165) is 40.5 Å². The normalized spacial score (nSPS) is 18.5. The second kappa shape index (κ2) is 12.0. The third-order valence-electron chi connectivity index (χ3n) is 6.60. The summed E-state index contributed by atoms with van der Waals surface area (Å²) in [4.78, 5) is 35.6. The molecule has 0 atom stereocenters. The Morgan fingerprint density at radius 2 is 1.47 bits per heavy atom. The Morgan fingerprint density at radius 1 is 0.944 bits per heavy atom. The first-order chi connectivity index (χ1) is 17.4. The van der Waals surface area contributed by atoms with Crippen LogP contribution >= 0.6 is 28.7 Å². The first-order valence-electron chi connectivity index (χ1n) is 11.9. The summed E-state index contributed by atoms with van der Waals surface area (Å²) < 4.78 is 32.1. The van der Waals surface area contributed by atoms with E-state index in [-0.39, 0.29) is 24.9 Å². The van der Waals surface area contributed by atoms with Crippen molar-refractivity contribution >= 4 is 48.2 Å². The summed E-state index contributed by atoms with van der Waals surface area (Å²) in [6.07, 6.45) is 6.50. The van der Waals surface area contributed by atoms with Gasteiger partial charge in [-0.3, -0.25) is 9.59 Å². The van der Waals surface area contributed by atoms with Gasteiger partial charge in [0.2, 0.25) is 11.8 Å². The molecule has 0 bridgehead atoms. The van der Waals surface area contributed by atoms with Gasteiger partial charge in [-0.05, 0) is 41.6 Å². The van der Waals surface area contributed by atoms with Crippen LogP contribution in [0.5, 0.6) is 0 Å². The van der Waals surface area contributed by atoms with Crippen LogP contribution in [-0.4, -0.2) is 74.8 Å². The van der Waals surface area contributed by atoms with Crippen LogP contribution in [0, 0.1) is 0 Å². The molecule has 0 aromatic carbocycles. The van der Waals surface area contributed by atoms with Crippen molar-refractivity contribution in [3.05, 3.63) is 33.8 Å². The number of carbonyl (C=O) groups excluding carboxylic acids is 2. The first-order valence-corrected chi connectivity index (χ1v) is 13.1. The van der Waals surface area contributed by atoms with Crippen molar-refractivity contribution in [1.82, 2.24) is 28.9 Å². The summed E-state index contributed by atoms with van der Waals surface area (Å²) in [5, 5.41) is 0. The minimum absolute atomic E-state index is 0.00468. The zero-order chi connectivity index (χ0) is 25.8. The van der Waals surface area contributed by atoms with Gasteiger partial charge in [-0.25, -0.2) is 18.7 Å². The molecular formula is C22H28BBrF2N7O2S. The average molecular weight is 583 g/mol. The van der Waals surface area contributed by atoms with Gasteiger partial charge in [0.05, 0.1) is 30.7 Å². The molecule has 2 aromatic heterocycles. The number of halogens is 3. The van der Waals surface area contributed by atoms with Crippen LogP contribution in [0.15, 0.2) is 15.1 Å². The van der Waals surface area contributed by atoms with Crippen LogP contribution in [-0.2, 0) is 35.8 Å². The molecule has 2 aromatic rings. The Morgan fingerprint density at radius 3 is 2.03 bits per heavy atom. The molecule has 2 fully saturated rings. The monoisotopic (exact) mass is 582 g/mol. The number of alkyl halides is 2. The van der Waals surface area contributed by atoms with E-state index < -0.39 is 13.3 Å². The molecule has 2 aliphatic carbocycles. The quantitative estimate of drug-likeness (QED) is 0.419. The van der Waals surface area contributed by atoms with Crippen molar-refractivity contribution < 1.29 is 18.4 Å². The number of amides is 2. The fourth-order valence-electron chi connectivity index (χ4n) is 4.49. The SMILES string of the molecule is O=C1Cn2c(C3CC3)nc(Br)c2CN1CCF.O=C1Cn2c(cnc2C2CC2)CN1CCF.[B]=NS. The van der Waals surface area contributed by atoms with Crippen LogP contribution < -0.4 is 0 Å². The van der Waals surface area contributed by atoms with E-state index in [9.17, 15) is 18.4 Å².